The van der Waals surface area contributed by atoms with Crippen LogP contribution in [0.2, 0.25) is 0 Å². The molecule has 0 atom stereocenters. The molecular weight excluding hydrogens is 268 g/mol. The Morgan fingerprint density at radius 2 is 2.10 bits per heavy atom. The van der Waals surface area contributed by atoms with Gasteiger partial charge in [-0.25, -0.2) is 4.98 Å². The predicted molar refractivity (Wildman–Crippen MR) is 80.3 cm³/mol. The molecule has 6 heteroatoms. The van der Waals surface area contributed by atoms with E-state index in [1.165, 1.54) is 12.8 Å². The fourth-order valence-corrected chi connectivity index (χ4v) is 2.58. The first-order valence-electron chi connectivity index (χ1n) is 7.61. The lowest BCUT2D eigenvalue weighted by Gasteiger charge is -2.34. The van der Waals surface area contributed by atoms with Crippen LogP contribution in [0.1, 0.15) is 23.2 Å². The Kier molecular flexibility index (Phi) is 4.36. The van der Waals surface area contributed by atoms with Gasteiger partial charge in [-0.05, 0) is 25.0 Å². The summed E-state index contributed by atoms with van der Waals surface area (Å²) in [5.41, 5.74) is 0.698. The second-order valence-electron chi connectivity index (χ2n) is 5.71. The van der Waals surface area contributed by atoms with Crippen molar-refractivity contribution >= 4 is 11.7 Å². The highest BCUT2D eigenvalue weighted by molar-refractivity contribution is 5.94. The maximum Gasteiger partial charge on any atom is 0.254 e. The van der Waals surface area contributed by atoms with Crippen LogP contribution in [-0.2, 0) is 0 Å². The van der Waals surface area contributed by atoms with E-state index >= 15 is 0 Å². The minimum Gasteiger partial charge on any atom is -0.395 e. The van der Waals surface area contributed by atoms with Crippen LogP contribution in [0, 0.1) is 0 Å². The predicted octanol–water partition coefficient (Wildman–Crippen LogP) is 0.406. The highest BCUT2D eigenvalue weighted by Crippen LogP contribution is 2.24. The average molecular weight is 290 g/mol. The van der Waals surface area contributed by atoms with E-state index in [0.717, 1.165) is 18.9 Å². The van der Waals surface area contributed by atoms with Gasteiger partial charge >= 0.3 is 0 Å². The molecule has 2 fully saturated rings. The number of amides is 1. The molecule has 0 unspecified atom stereocenters. The van der Waals surface area contributed by atoms with Crippen LogP contribution < -0.4 is 5.32 Å². The molecule has 1 saturated heterocycles. The van der Waals surface area contributed by atoms with Crippen LogP contribution in [0.4, 0.5) is 5.82 Å². The molecule has 2 heterocycles. The van der Waals surface area contributed by atoms with Crippen molar-refractivity contribution in [3.8, 4) is 0 Å². The first-order chi connectivity index (χ1) is 10.3. The molecule has 1 amide bonds. The zero-order chi connectivity index (χ0) is 14.7. The van der Waals surface area contributed by atoms with Gasteiger partial charge in [0.05, 0.1) is 6.61 Å². The number of β-amino-alcohol motifs (C(OH)–C–C–N with tert-alkyl or cyclic N) is 1. The first kappa shape index (κ1) is 14.3. The molecule has 2 N–H and O–H groups in total. The van der Waals surface area contributed by atoms with Gasteiger partial charge in [-0.2, -0.15) is 0 Å². The number of hydrogen-bond donors (Lipinski definition) is 2. The van der Waals surface area contributed by atoms with E-state index in [0.29, 0.717) is 31.2 Å². The lowest BCUT2D eigenvalue weighted by atomic mass is 10.2. The molecule has 1 aromatic heterocycles. The number of nitrogens with zero attached hydrogens (tertiary/aromatic N) is 3. The molecule has 114 valence electrons. The summed E-state index contributed by atoms with van der Waals surface area (Å²) >= 11 is 0. The number of carbonyl (C=O) groups is 1. The van der Waals surface area contributed by atoms with Crippen molar-refractivity contribution in [3.63, 3.8) is 0 Å². The number of aliphatic hydroxyl groups excluding tert-OH is 1. The molecule has 2 aliphatic rings. The third-order valence-corrected chi connectivity index (χ3v) is 4.01. The van der Waals surface area contributed by atoms with E-state index in [2.05, 4.69) is 15.2 Å². The quantitative estimate of drug-likeness (QED) is 0.822. The van der Waals surface area contributed by atoms with Crippen LogP contribution in [-0.4, -0.2) is 71.2 Å². The molecule has 6 nitrogen and oxygen atoms in total. The lowest BCUT2D eigenvalue weighted by molar-refractivity contribution is 0.0615. The Morgan fingerprint density at radius 3 is 2.76 bits per heavy atom. The van der Waals surface area contributed by atoms with Crippen molar-refractivity contribution in [3.05, 3.63) is 23.9 Å². The van der Waals surface area contributed by atoms with Crippen molar-refractivity contribution in [2.45, 2.75) is 18.9 Å². The second-order valence-corrected chi connectivity index (χ2v) is 5.71. The van der Waals surface area contributed by atoms with Gasteiger partial charge < -0.3 is 15.3 Å². The fourth-order valence-electron chi connectivity index (χ4n) is 2.58. The number of piperazine rings is 1. The Morgan fingerprint density at radius 1 is 1.33 bits per heavy atom. The standard InChI is InChI=1S/C15H22N4O2/c20-10-9-18-5-7-19(8-6-18)15(21)12-3-4-16-14(11-12)17-13-1-2-13/h3-4,11,13,20H,1-2,5-10H2,(H,16,17). The molecule has 0 radical (unpaired) electrons. The fraction of sp³-hybridized carbons (Fsp3) is 0.600. The number of pyridine rings is 1. The number of hydrogen-bond acceptors (Lipinski definition) is 5. The molecule has 1 saturated carbocycles. The van der Waals surface area contributed by atoms with Gasteiger partial charge in [0.2, 0.25) is 0 Å². The van der Waals surface area contributed by atoms with E-state index in [1.54, 1.807) is 12.3 Å². The largest absolute Gasteiger partial charge is 0.395 e. The average Bonchev–Trinajstić information content (AvgIpc) is 3.32. The van der Waals surface area contributed by atoms with E-state index in [1.807, 2.05) is 11.0 Å². The molecule has 3 rings (SSSR count). The summed E-state index contributed by atoms with van der Waals surface area (Å²) in [6, 6.07) is 4.16. The van der Waals surface area contributed by atoms with Crippen molar-refractivity contribution < 1.29 is 9.90 Å². The number of anilines is 1. The summed E-state index contributed by atoms with van der Waals surface area (Å²) in [6.45, 7) is 3.94. The maximum absolute atomic E-state index is 12.5. The van der Waals surface area contributed by atoms with Crippen LogP contribution >= 0.6 is 0 Å². The molecule has 0 aromatic carbocycles. The minimum absolute atomic E-state index is 0.0693. The summed E-state index contributed by atoms with van der Waals surface area (Å²) in [4.78, 5) is 20.8. The number of aliphatic hydroxyl groups is 1. The highest BCUT2D eigenvalue weighted by Gasteiger charge is 2.24. The SMILES string of the molecule is O=C(c1ccnc(NC2CC2)c1)N1CCN(CCO)CC1. The van der Waals surface area contributed by atoms with Crippen molar-refractivity contribution in [1.82, 2.24) is 14.8 Å². The van der Waals surface area contributed by atoms with Gasteiger partial charge in [0.1, 0.15) is 5.82 Å². The van der Waals surface area contributed by atoms with Crippen molar-refractivity contribution in [2.24, 2.45) is 0 Å². The van der Waals surface area contributed by atoms with E-state index in [4.69, 9.17) is 5.11 Å². The molecule has 21 heavy (non-hydrogen) atoms. The number of aromatic nitrogens is 1. The van der Waals surface area contributed by atoms with E-state index in [9.17, 15) is 4.79 Å². The lowest BCUT2D eigenvalue weighted by Crippen LogP contribution is -2.49. The van der Waals surface area contributed by atoms with Gasteiger partial charge in [-0.1, -0.05) is 0 Å². The van der Waals surface area contributed by atoms with E-state index < -0.39 is 0 Å². The van der Waals surface area contributed by atoms with Crippen LogP contribution in [0.15, 0.2) is 18.3 Å². The molecule has 0 bridgehead atoms. The Balaban J connectivity index is 1.59. The van der Waals surface area contributed by atoms with Crippen molar-refractivity contribution in [2.75, 3.05) is 44.6 Å². The van der Waals surface area contributed by atoms with Crippen LogP contribution in [0.25, 0.3) is 0 Å². The summed E-state index contributed by atoms with van der Waals surface area (Å²) in [6.07, 6.45) is 4.07. The smallest absolute Gasteiger partial charge is 0.254 e. The maximum atomic E-state index is 12.5. The molecule has 1 aliphatic heterocycles. The monoisotopic (exact) mass is 290 g/mol. The van der Waals surface area contributed by atoms with E-state index in [-0.39, 0.29) is 12.5 Å². The molecular formula is C15H22N4O2. The Bertz CT molecular complexity index is 496. The van der Waals surface area contributed by atoms with Gasteiger partial charge in [0, 0.05) is 50.5 Å². The normalized spacial score (nSPS) is 19.6. The van der Waals surface area contributed by atoms with Gasteiger partial charge in [0.25, 0.3) is 5.91 Å². The molecule has 1 aliphatic carbocycles. The third-order valence-electron chi connectivity index (χ3n) is 4.01. The minimum atomic E-state index is 0.0693. The zero-order valence-corrected chi connectivity index (χ0v) is 12.2. The number of nitrogens with one attached hydrogen (secondary N) is 1. The number of carbonyl (C=O) groups excluding carboxylic acids is 1. The topological polar surface area (TPSA) is 68.7 Å². The summed E-state index contributed by atoms with van der Waals surface area (Å²) < 4.78 is 0. The van der Waals surface area contributed by atoms with Crippen LogP contribution in [0.3, 0.4) is 0 Å². The van der Waals surface area contributed by atoms with Gasteiger partial charge in [-0.15, -0.1) is 0 Å². The van der Waals surface area contributed by atoms with Crippen molar-refractivity contribution in [1.29, 1.82) is 0 Å². The first-order valence-corrected chi connectivity index (χ1v) is 7.61. The number of rotatable bonds is 5. The van der Waals surface area contributed by atoms with Gasteiger partial charge in [0.15, 0.2) is 0 Å². The third kappa shape index (κ3) is 3.71. The molecule has 1 aromatic rings. The zero-order valence-electron chi connectivity index (χ0n) is 12.2. The van der Waals surface area contributed by atoms with Crippen LogP contribution in [0.5, 0.6) is 0 Å². The summed E-state index contributed by atoms with van der Waals surface area (Å²) in [7, 11) is 0. The van der Waals surface area contributed by atoms with Gasteiger partial charge in [-0.3, -0.25) is 9.69 Å². The Labute approximate surface area is 124 Å². The summed E-state index contributed by atoms with van der Waals surface area (Å²) in [5.74, 6) is 0.863. The summed E-state index contributed by atoms with van der Waals surface area (Å²) in [5, 5.41) is 12.3. The highest BCUT2D eigenvalue weighted by atomic mass is 16.3. The molecule has 0 spiro atoms. The second kappa shape index (κ2) is 6.41. The Hall–Kier alpha value is -1.66.